The fraction of sp³-hybridized carbons (Fsp3) is 0. The topological polar surface area (TPSA) is 94.9 Å². The SMILES string of the molecule is Nc1nc(Cl)cnc1Sc1cccc([N+](=O)[O-])c1Cl. The highest BCUT2D eigenvalue weighted by molar-refractivity contribution is 7.99. The van der Waals surface area contributed by atoms with Crippen molar-refractivity contribution in [1.29, 1.82) is 0 Å². The lowest BCUT2D eigenvalue weighted by molar-refractivity contribution is -0.384. The molecule has 0 saturated carbocycles. The van der Waals surface area contributed by atoms with E-state index in [4.69, 9.17) is 28.9 Å². The molecule has 6 nitrogen and oxygen atoms in total. The van der Waals surface area contributed by atoms with E-state index in [0.717, 1.165) is 11.8 Å². The van der Waals surface area contributed by atoms with Crippen LogP contribution in [0.15, 0.2) is 34.3 Å². The van der Waals surface area contributed by atoms with E-state index < -0.39 is 4.92 Å². The van der Waals surface area contributed by atoms with Crippen molar-refractivity contribution in [1.82, 2.24) is 9.97 Å². The molecule has 0 unspecified atom stereocenters. The van der Waals surface area contributed by atoms with Gasteiger partial charge in [-0.3, -0.25) is 10.1 Å². The van der Waals surface area contributed by atoms with Crippen molar-refractivity contribution in [3.05, 3.63) is 44.7 Å². The summed E-state index contributed by atoms with van der Waals surface area (Å²) in [5, 5.41) is 11.4. The molecule has 0 atom stereocenters. The van der Waals surface area contributed by atoms with E-state index in [1.54, 1.807) is 6.07 Å². The van der Waals surface area contributed by atoms with E-state index >= 15 is 0 Å². The van der Waals surface area contributed by atoms with Gasteiger partial charge in [0.15, 0.2) is 5.82 Å². The number of benzene rings is 1. The third-order valence-electron chi connectivity index (χ3n) is 2.08. The average molecular weight is 317 g/mol. The number of nitrogens with zero attached hydrogens (tertiary/aromatic N) is 3. The highest BCUT2D eigenvalue weighted by atomic mass is 35.5. The third-order valence-corrected chi connectivity index (χ3v) is 3.84. The second kappa shape index (κ2) is 5.60. The van der Waals surface area contributed by atoms with Crippen LogP contribution in [0.1, 0.15) is 0 Å². The first-order valence-corrected chi connectivity index (χ1v) is 6.45. The first-order valence-electron chi connectivity index (χ1n) is 4.88. The normalized spacial score (nSPS) is 10.4. The zero-order valence-corrected chi connectivity index (χ0v) is 11.5. The first-order chi connectivity index (χ1) is 8.99. The number of aromatic nitrogens is 2. The van der Waals surface area contributed by atoms with Gasteiger partial charge in [0.2, 0.25) is 0 Å². The maximum Gasteiger partial charge on any atom is 0.289 e. The summed E-state index contributed by atoms with van der Waals surface area (Å²) in [6.07, 6.45) is 1.34. The summed E-state index contributed by atoms with van der Waals surface area (Å²) in [6, 6.07) is 4.49. The number of nitro benzene ring substituents is 1. The molecule has 0 saturated heterocycles. The van der Waals surface area contributed by atoms with Crippen molar-refractivity contribution in [2.24, 2.45) is 0 Å². The maximum absolute atomic E-state index is 10.8. The van der Waals surface area contributed by atoms with Gasteiger partial charge in [0.25, 0.3) is 5.69 Å². The van der Waals surface area contributed by atoms with Crippen LogP contribution in [0.25, 0.3) is 0 Å². The molecule has 2 aromatic rings. The Morgan fingerprint density at radius 2 is 2.11 bits per heavy atom. The van der Waals surface area contributed by atoms with Crippen molar-refractivity contribution < 1.29 is 4.92 Å². The predicted molar refractivity (Wildman–Crippen MR) is 73.7 cm³/mol. The molecule has 19 heavy (non-hydrogen) atoms. The summed E-state index contributed by atoms with van der Waals surface area (Å²) in [4.78, 5) is 18.5. The van der Waals surface area contributed by atoms with E-state index in [1.165, 1.54) is 18.3 Å². The van der Waals surface area contributed by atoms with Crippen molar-refractivity contribution in [3.63, 3.8) is 0 Å². The Kier molecular flexibility index (Phi) is 4.08. The Morgan fingerprint density at radius 1 is 1.37 bits per heavy atom. The summed E-state index contributed by atoms with van der Waals surface area (Å²) in [5.41, 5.74) is 5.49. The quantitative estimate of drug-likeness (QED) is 0.688. The molecule has 9 heteroatoms. The minimum atomic E-state index is -0.552. The number of nitrogen functional groups attached to an aromatic ring is 1. The molecule has 0 aliphatic carbocycles. The summed E-state index contributed by atoms with van der Waals surface area (Å²) in [7, 11) is 0. The molecule has 0 amide bonds. The lowest BCUT2D eigenvalue weighted by Gasteiger charge is -2.05. The van der Waals surface area contributed by atoms with E-state index in [0.29, 0.717) is 9.92 Å². The van der Waals surface area contributed by atoms with Crippen LogP contribution < -0.4 is 5.73 Å². The van der Waals surface area contributed by atoms with Crippen LogP contribution in [0, 0.1) is 10.1 Å². The first kappa shape index (κ1) is 13.9. The van der Waals surface area contributed by atoms with Crippen LogP contribution in [0.4, 0.5) is 11.5 Å². The molecule has 2 rings (SSSR count). The average Bonchev–Trinajstić information content (AvgIpc) is 2.34. The van der Waals surface area contributed by atoms with E-state index in [9.17, 15) is 10.1 Å². The number of nitrogens with two attached hydrogens (primary N) is 1. The Bertz CT molecular complexity index is 653. The summed E-state index contributed by atoms with van der Waals surface area (Å²) in [5.74, 6) is 0.139. The molecule has 98 valence electrons. The standard InChI is InChI=1S/C10H6Cl2N4O2S/c11-7-4-14-10(9(13)15-7)19-6-3-1-2-5(8(6)12)16(17)18/h1-4H,(H2,13,15). The Balaban J connectivity index is 2.38. The Labute approximate surface area is 122 Å². The Hall–Kier alpha value is -1.57. The lowest BCUT2D eigenvalue weighted by Crippen LogP contribution is -1.96. The second-order valence-electron chi connectivity index (χ2n) is 3.33. The molecular formula is C10H6Cl2N4O2S. The maximum atomic E-state index is 10.8. The highest BCUT2D eigenvalue weighted by Crippen LogP contribution is 2.38. The number of hydrogen-bond donors (Lipinski definition) is 1. The minimum absolute atomic E-state index is 0.0358. The molecule has 1 aromatic heterocycles. The zero-order chi connectivity index (χ0) is 14.0. The zero-order valence-electron chi connectivity index (χ0n) is 9.21. The van der Waals surface area contributed by atoms with Gasteiger partial charge in [0, 0.05) is 11.0 Å². The van der Waals surface area contributed by atoms with E-state index in [2.05, 4.69) is 9.97 Å². The molecule has 0 aliphatic rings. The van der Waals surface area contributed by atoms with Crippen molar-refractivity contribution in [2.75, 3.05) is 5.73 Å². The summed E-state index contributed by atoms with van der Waals surface area (Å²) in [6.45, 7) is 0. The van der Waals surface area contributed by atoms with Gasteiger partial charge in [-0.25, -0.2) is 9.97 Å². The number of anilines is 1. The van der Waals surface area contributed by atoms with Crippen molar-refractivity contribution in [3.8, 4) is 0 Å². The fourth-order valence-corrected chi connectivity index (χ4v) is 2.53. The molecule has 0 fully saturated rings. The monoisotopic (exact) mass is 316 g/mol. The van der Waals surface area contributed by atoms with Gasteiger partial charge in [-0.05, 0) is 6.07 Å². The fourth-order valence-electron chi connectivity index (χ4n) is 1.27. The van der Waals surface area contributed by atoms with Crippen molar-refractivity contribution in [2.45, 2.75) is 9.92 Å². The molecular weight excluding hydrogens is 311 g/mol. The van der Waals surface area contributed by atoms with Crippen molar-refractivity contribution >= 4 is 46.5 Å². The lowest BCUT2D eigenvalue weighted by atomic mass is 10.3. The van der Waals surface area contributed by atoms with Crippen LogP contribution >= 0.6 is 35.0 Å². The molecule has 2 N–H and O–H groups in total. The van der Waals surface area contributed by atoms with Crippen LogP contribution in [-0.2, 0) is 0 Å². The van der Waals surface area contributed by atoms with Gasteiger partial charge in [-0.2, -0.15) is 0 Å². The number of nitro groups is 1. The van der Waals surface area contributed by atoms with Crippen LogP contribution in [0.2, 0.25) is 10.2 Å². The largest absolute Gasteiger partial charge is 0.381 e. The van der Waals surface area contributed by atoms with Crippen LogP contribution in [0.5, 0.6) is 0 Å². The summed E-state index contributed by atoms with van der Waals surface area (Å²) >= 11 is 12.7. The van der Waals surface area contributed by atoms with Gasteiger partial charge >= 0.3 is 0 Å². The predicted octanol–water partition coefficient (Wildman–Crippen LogP) is 3.43. The van der Waals surface area contributed by atoms with E-state index in [-0.39, 0.29) is 21.7 Å². The smallest absolute Gasteiger partial charge is 0.289 e. The molecule has 0 bridgehead atoms. The molecule has 1 aromatic carbocycles. The molecule has 0 radical (unpaired) electrons. The molecule has 0 spiro atoms. The molecule has 0 aliphatic heterocycles. The third kappa shape index (κ3) is 3.06. The minimum Gasteiger partial charge on any atom is -0.381 e. The van der Waals surface area contributed by atoms with Gasteiger partial charge in [0.05, 0.1) is 11.1 Å². The van der Waals surface area contributed by atoms with Gasteiger partial charge in [-0.15, -0.1) is 0 Å². The number of hydrogen-bond acceptors (Lipinski definition) is 6. The van der Waals surface area contributed by atoms with Gasteiger partial charge < -0.3 is 5.73 Å². The second-order valence-corrected chi connectivity index (χ2v) is 5.13. The Morgan fingerprint density at radius 3 is 2.74 bits per heavy atom. The number of rotatable bonds is 3. The highest BCUT2D eigenvalue weighted by Gasteiger charge is 2.17. The molecule has 1 heterocycles. The van der Waals surface area contributed by atoms with Crippen LogP contribution in [0.3, 0.4) is 0 Å². The van der Waals surface area contributed by atoms with Crippen LogP contribution in [-0.4, -0.2) is 14.9 Å². The summed E-state index contributed by atoms with van der Waals surface area (Å²) < 4.78 is 0. The van der Waals surface area contributed by atoms with Gasteiger partial charge in [-0.1, -0.05) is 41.0 Å². The van der Waals surface area contributed by atoms with E-state index in [1.807, 2.05) is 0 Å². The number of halogens is 2. The van der Waals surface area contributed by atoms with Gasteiger partial charge in [0.1, 0.15) is 15.2 Å².